The summed E-state index contributed by atoms with van der Waals surface area (Å²) in [6.07, 6.45) is -2.24. The minimum Gasteiger partial charge on any atom is -0.504 e. The highest BCUT2D eigenvalue weighted by Gasteiger charge is 2.42. The summed E-state index contributed by atoms with van der Waals surface area (Å²) in [5.41, 5.74) is 1.27. The van der Waals surface area contributed by atoms with E-state index in [9.17, 15) is 19.8 Å². The standard InChI is InChI=1S/C18H25BrN2O6/c1-9(2)27-18(25)21-12(17(24)20(4)8-14(21)23)6-11-7-13(22)16(26-5)10(3)15(11)19/h7,9,12,14,22-23H,6,8H2,1-5H3. The molecule has 27 heavy (non-hydrogen) atoms. The third-order valence-electron chi connectivity index (χ3n) is 4.42. The maximum atomic E-state index is 12.7. The number of halogens is 1. The minimum atomic E-state index is -1.18. The van der Waals surface area contributed by atoms with E-state index in [1.807, 2.05) is 0 Å². The predicted octanol–water partition coefficient (Wildman–Crippen LogP) is 2.02. The van der Waals surface area contributed by atoms with Crippen LogP contribution in [0.15, 0.2) is 10.5 Å². The van der Waals surface area contributed by atoms with Gasteiger partial charge in [0.2, 0.25) is 5.91 Å². The average molecular weight is 445 g/mol. The second-order valence-corrected chi connectivity index (χ2v) is 7.58. The van der Waals surface area contributed by atoms with Gasteiger partial charge in [-0.2, -0.15) is 0 Å². The third kappa shape index (κ3) is 4.30. The predicted molar refractivity (Wildman–Crippen MR) is 102 cm³/mol. The van der Waals surface area contributed by atoms with Gasteiger partial charge in [-0.05, 0) is 32.4 Å². The summed E-state index contributed by atoms with van der Waals surface area (Å²) >= 11 is 3.47. The molecule has 1 aliphatic heterocycles. The van der Waals surface area contributed by atoms with Gasteiger partial charge >= 0.3 is 6.09 Å². The topological polar surface area (TPSA) is 99.5 Å². The molecule has 9 heteroatoms. The molecule has 150 valence electrons. The van der Waals surface area contributed by atoms with E-state index in [1.54, 1.807) is 27.8 Å². The van der Waals surface area contributed by atoms with Crippen LogP contribution in [0.25, 0.3) is 0 Å². The molecule has 2 N–H and O–H groups in total. The normalized spacial score (nSPS) is 20.2. The van der Waals surface area contributed by atoms with Gasteiger partial charge in [0.1, 0.15) is 6.04 Å². The first-order valence-corrected chi connectivity index (χ1v) is 9.34. The maximum absolute atomic E-state index is 12.7. The first kappa shape index (κ1) is 21.3. The molecule has 0 aromatic heterocycles. The van der Waals surface area contributed by atoms with Crippen LogP contribution in [-0.2, 0) is 16.0 Å². The van der Waals surface area contributed by atoms with Crippen LogP contribution in [0, 0.1) is 6.92 Å². The average Bonchev–Trinajstić information content (AvgIpc) is 2.56. The molecule has 2 unspecified atom stereocenters. The van der Waals surface area contributed by atoms with Crippen molar-refractivity contribution in [2.45, 2.75) is 45.6 Å². The third-order valence-corrected chi connectivity index (χ3v) is 5.52. The van der Waals surface area contributed by atoms with Gasteiger partial charge in [0.25, 0.3) is 0 Å². The summed E-state index contributed by atoms with van der Waals surface area (Å²) in [5, 5.41) is 20.6. The zero-order chi connectivity index (χ0) is 20.5. The van der Waals surface area contributed by atoms with Crippen LogP contribution in [0.4, 0.5) is 4.79 Å². The number of rotatable bonds is 4. The van der Waals surface area contributed by atoms with E-state index in [2.05, 4.69) is 15.9 Å². The number of likely N-dealkylation sites (N-methyl/N-ethyl adjacent to an activating group) is 1. The Bertz CT molecular complexity index is 739. The largest absolute Gasteiger partial charge is 0.504 e. The Morgan fingerprint density at radius 3 is 2.63 bits per heavy atom. The fourth-order valence-corrected chi connectivity index (χ4v) is 3.60. The van der Waals surface area contributed by atoms with Crippen molar-refractivity contribution in [1.29, 1.82) is 0 Å². The fraction of sp³-hybridized carbons (Fsp3) is 0.556. The van der Waals surface area contributed by atoms with Crippen LogP contribution in [0.3, 0.4) is 0 Å². The van der Waals surface area contributed by atoms with E-state index in [0.29, 0.717) is 21.3 Å². The molecule has 2 rings (SSSR count). The van der Waals surface area contributed by atoms with Crippen molar-refractivity contribution in [3.8, 4) is 11.5 Å². The Balaban J connectivity index is 2.43. The van der Waals surface area contributed by atoms with Crippen LogP contribution in [0.5, 0.6) is 11.5 Å². The highest BCUT2D eigenvalue weighted by atomic mass is 79.9. The lowest BCUT2D eigenvalue weighted by Gasteiger charge is -2.42. The van der Waals surface area contributed by atoms with Crippen LogP contribution < -0.4 is 4.74 Å². The number of benzene rings is 1. The van der Waals surface area contributed by atoms with Crippen molar-refractivity contribution < 1.29 is 29.3 Å². The van der Waals surface area contributed by atoms with Gasteiger partial charge in [0, 0.05) is 23.5 Å². The summed E-state index contributed by atoms with van der Waals surface area (Å²) in [5.74, 6) is -0.0589. The molecule has 1 aromatic carbocycles. The van der Waals surface area contributed by atoms with Crippen molar-refractivity contribution in [2.75, 3.05) is 20.7 Å². The Kier molecular flexibility index (Phi) is 6.59. The second kappa shape index (κ2) is 8.35. The van der Waals surface area contributed by atoms with Gasteiger partial charge in [-0.15, -0.1) is 0 Å². The zero-order valence-corrected chi connectivity index (χ0v) is 17.6. The number of nitrogens with zero attached hydrogens (tertiary/aromatic N) is 2. The van der Waals surface area contributed by atoms with Crippen molar-refractivity contribution in [3.63, 3.8) is 0 Å². The van der Waals surface area contributed by atoms with Crippen molar-refractivity contribution in [2.24, 2.45) is 0 Å². The van der Waals surface area contributed by atoms with Crippen molar-refractivity contribution in [3.05, 3.63) is 21.7 Å². The Morgan fingerprint density at radius 1 is 1.44 bits per heavy atom. The molecule has 1 aliphatic rings. The van der Waals surface area contributed by atoms with E-state index in [0.717, 1.165) is 4.90 Å². The van der Waals surface area contributed by atoms with Gasteiger partial charge in [0.05, 0.1) is 19.8 Å². The number of carbonyl (C=O) groups excluding carboxylic acids is 2. The van der Waals surface area contributed by atoms with Crippen molar-refractivity contribution in [1.82, 2.24) is 9.80 Å². The summed E-state index contributed by atoms with van der Waals surface area (Å²) in [4.78, 5) is 27.7. The number of aromatic hydroxyl groups is 1. The van der Waals surface area contributed by atoms with E-state index < -0.39 is 18.4 Å². The molecule has 1 saturated heterocycles. The molecule has 8 nitrogen and oxygen atoms in total. The van der Waals surface area contributed by atoms with Crippen LogP contribution >= 0.6 is 15.9 Å². The number of methoxy groups -OCH3 is 1. The van der Waals surface area contributed by atoms with Gasteiger partial charge in [-0.3, -0.25) is 9.69 Å². The van der Waals surface area contributed by atoms with Gasteiger partial charge in [0.15, 0.2) is 17.7 Å². The lowest BCUT2D eigenvalue weighted by Crippen LogP contribution is -2.63. The molecular formula is C18H25BrN2O6. The smallest absolute Gasteiger partial charge is 0.412 e. The lowest BCUT2D eigenvalue weighted by atomic mass is 9.99. The number of phenolic OH excluding ortho intramolecular Hbond substituents is 1. The molecule has 1 fully saturated rings. The van der Waals surface area contributed by atoms with Gasteiger partial charge < -0.3 is 24.6 Å². The van der Waals surface area contributed by atoms with Crippen LogP contribution in [0.2, 0.25) is 0 Å². The monoisotopic (exact) mass is 444 g/mol. The molecule has 0 spiro atoms. The molecule has 1 aromatic rings. The van der Waals surface area contributed by atoms with Gasteiger partial charge in [-0.25, -0.2) is 4.79 Å². The second-order valence-electron chi connectivity index (χ2n) is 6.79. The highest BCUT2D eigenvalue weighted by Crippen LogP contribution is 2.38. The first-order chi connectivity index (χ1) is 12.6. The quantitative estimate of drug-likeness (QED) is 0.736. The maximum Gasteiger partial charge on any atom is 0.412 e. The number of phenols is 1. The number of piperazine rings is 1. The summed E-state index contributed by atoms with van der Waals surface area (Å²) < 4.78 is 11.0. The Labute approximate surface area is 166 Å². The number of amides is 2. The van der Waals surface area contributed by atoms with E-state index in [4.69, 9.17) is 9.47 Å². The molecule has 1 heterocycles. The highest BCUT2D eigenvalue weighted by molar-refractivity contribution is 9.10. The Hall–Kier alpha value is -2.00. The van der Waals surface area contributed by atoms with E-state index in [-0.39, 0.29) is 30.7 Å². The molecular weight excluding hydrogens is 420 g/mol. The number of hydrogen-bond acceptors (Lipinski definition) is 6. The summed E-state index contributed by atoms with van der Waals surface area (Å²) in [6.45, 7) is 5.15. The number of carbonyl (C=O) groups is 2. The molecule has 0 saturated carbocycles. The summed E-state index contributed by atoms with van der Waals surface area (Å²) in [6, 6.07) is 0.518. The molecule has 0 aliphatic carbocycles. The summed E-state index contributed by atoms with van der Waals surface area (Å²) in [7, 11) is 3.02. The fourth-order valence-electron chi connectivity index (χ4n) is 3.14. The first-order valence-electron chi connectivity index (χ1n) is 8.55. The van der Waals surface area contributed by atoms with Crippen molar-refractivity contribution >= 4 is 27.9 Å². The number of hydrogen-bond donors (Lipinski definition) is 2. The van der Waals surface area contributed by atoms with E-state index >= 15 is 0 Å². The number of ether oxygens (including phenoxy) is 2. The molecule has 2 amide bonds. The molecule has 0 radical (unpaired) electrons. The Morgan fingerprint density at radius 2 is 2.07 bits per heavy atom. The zero-order valence-electron chi connectivity index (χ0n) is 16.0. The lowest BCUT2D eigenvalue weighted by molar-refractivity contribution is -0.152. The SMILES string of the molecule is COc1c(O)cc(CC2C(=O)N(C)CC(O)N2C(=O)OC(C)C)c(Br)c1C. The number of aliphatic hydroxyl groups excluding tert-OH is 1. The molecule has 0 bridgehead atoms. The van der Waals surface area contributed by atoms with Crippen LogP contribution in [-0.4, -0.2) is 71.1 Å². The number of β-amino-alcohol motifs (C(OH)–C–C–N with tert-alkyl or cyclic N) is 1. The molecule has 2 atom stereocenters. The minimum absolute atomic E-state index is 0.00338. The van der Waals surface area contributed by atoms with E-state index in [1.165, 1.54) is 18.1 Å². The van der Waals surface area contributed by atoms with Gasteiger partial charge in [-0.1, -0.05) is 15.9 Å². The number of aliphatic hydroxyl groups is 1. The van der Waals surface area contributed by atoms with Crippen LogP contribution in [0.1, 0.15) is 25.0 Å².